The highest BCUT2D eigenvalue weighted by molar-refractivity contribution is 5.74. The van der Waals surface area contributed by atoms with Crippen LogP contribution in [-0.4, -0.2) is 36.4 Å². The van der Waals surface area contributed by atoms with E-state index in [9.17, 15) is 9.59 Å². The Morgan fingerprint density at radius 3 is 2.53 bits per heavy atom. The number of carbonyl (C=O) groups excluding carboxylic acids is 2. The molecular weight excluding hydrogens is 224 g/mol. The van der Waals surface area contributed by atoms with Gasteiger partial charge in [-0.1, -0.05) is 5.59 Å². The lowest BCUT2D eigenvalue weighted by Crippen LogP contribution is -2.37. The zero-order chi connectivity index (χ0) is 12.7. The number of carbonyl (C=O) groups is 2. The van der Waals surface area contributed by atoms with Crippen LogP contribution in [0.2, 0.25) is 0 Å². The summed E-state index contributed by atoms with van der Waals surface area (Å²) in [6.45, 7) is 2.44. The lowest BCUT2D eigenvalue weighted by Gasteiger charge is -2.31. The number of likely N-dealkylation sites (tertiary alicyclic amines) is 1. The van der Waals surface area contributed by atoms with Gasteiger partial charge in [0.1, 0.15) is 0 Å². The molecule has 0 aromatic heterocycles. The molecule has 1 aliphatic heterocycles. The number of piperidine rings is 1. The molecule has 0 bridgehead atoms. The lowest BCUT2D eigenvalue weighted by molar-refractivity contribution is -0.151. The first-order valence-electron chi connectivity index (χ1n) is 5.77. The molecule has 0 aromatic rings. The standard InChI is InChI=1S/C10H20N4O3/c11-9(15)7-8-1-4-14(5-2-8)6-3-10(16)17-13-12/h8,13H,1-7,12H2,(H2,11,15). The minimum Gasteiger partial charge on any atom is -0.370 e. The van der Waals surface area contributed by atoms with Gasteiger partial charge >= 0.3 is 5.97 Å². The minimum atomic E-state index is -0.369. The van der Waals surface area contributed by atoms with Gasteiger partial charge in [0.2, 0.25) is 5.91 Å². The van der Waals surface area contributed by atoms with Gasteiger partial charge in [-0.05, 0) is 31.8 Å². The predicted molar refractivity (Wildman–Crippen MR) is 61.0 cm³/mol. The van der Waals surface area contributed by atoms with Crippen molar-refractivity contribution >= 4 is 11.9 Å². The third-order valence-electron chi connectivity index (χ3n) is 3.00. The third-order valence-corrected chi connectivity index (χ3v) is 3.00. The van der Waals surface area contributed by atoms with E-state index in [0.717, 1.165) is 25.9 Å². The Morgan fingerprint density at radius 1 is 1.35 bits per heavy atom. The van der Waals surface area contributed by atoms with Gasteiger partial charge < -0.3 is 15.5 Å². The molecule has 1 aliphatic rings. The summed E-state index contributed by atoms with van der Waals surface area (Å²) < 4.78 is 0. The second kappa shape index (κ2) is 7.21. The van der Waals surface area contributed by atoms with Gasteiger partial charge in [-0.3, -0.25) is 9.59 Å². The van der Waals surface area contributed by atoms with Gasteiger partial charge in [0, 0.05) is 13.0 Å². The fourth-order valence-corrected chi connectivity index (χ4v) is 2.06. The molecule has 0 aliphatic carbocycles. The molecule has 7 nitrogen and oxygen atoms in total. The van der Waals surface area contributed by atoms with Crippen molar-refractivity contribution in [1.29, 1.82) is 0 Å². The van der Waals surface area contributed by atoms with Crippen LogP contribution in [0.4, 0.5) is 0 Å². The van der Waals surface area contributed by atoms with E-state index in [1.54, 1.807) is 0 Å². The number of rotatable bonds is 6. The Bertz CT molecular complexity index is 264. The van der Waals surface area contributed by atoms with E-state index >= 15 is 0 Å². The van der Waals surface area contributed by atoms with Crippen LogP contribution in [0.25, 0.3) is 0 Å². The summed E-state index contributed by atoms with van der Waals surface area (Å²) in [4.78, 5) is 28.4. The fraction of sp³-hybridized carbons (Fsp3) is 0.800. The molecule has 0 atom stereocenters. The lowest BCUT2D eigenvalue weighted by atomic mass is 9.93. The molecular formula is C10H20N4O3. The number of hydrogen-bond donors (Lipinski definition) is 3. The van der Waals surface area contributed by atoms with Crippen LogP contribution in [0.3, 0.4) is 0 Å². The summed E-state index contributed by atoms with van der Waals surface area (Å²) >= 11 is 0. The molecule has 0 saturated carbocycles. The molecule has 17 heavy (non-hydrogen) atoms. The summed E-state index contributed by atoms with van der Waals surface area (Å²) in [6.07, 6.45) is 2.68. The van der Waals surface area contributed by atoms with Crippen LogP contribution in [-0.2, 0) is 14.4 Å². The third kappa shape index (κ3) is 5.62. The Kier molecular flexibility index (Phi) is 5.88. The van der Waals surface area contributed by atoms with Crippen molar-refractivity contribution in [3.05, 3.63) is 0 Å². The number of amides is 1. The average Bonchev–Trinajstić information content (AvgIpc) is 2.28. The van der Waals surface area contributed by atoms with E-state index < -0.39 is 0 Å². The van der Waals surface area contributed by atoms with Crippen molar-refractivity contribution in [2.75, 3.05) is 19.6 Å². The van der Waals surface area contributed by atoms with E-state index in [-0.39, 0.29) is 11.9 Å². The Morgan fingerprint density at radius 2 is 2.00 bits per heavy atom. The van der Waals surface area contributed by atoms with Gasteiger partial charge in [0.05, 0.1) is 6.42 Å². The molecule has 0 aromatic carbocycles. The summed E-state index contributed by atoms with van der Waals surface area (Å²) in [6, 6.07) is 0. The first-order valence-corrected chi connectivity index (χ1v) is 5.77. The number of nitrogens with one attached hydrogen (secondary N) is 1. The molecule has 5 N–H and O–H groups in total. The van der Waals surface area contributed by atoms with Crippen molar-refractivity contribution < 1.29 is 14.4 Å². The molecule has 1 amide bonds. The van der Waals surface area contributed by atoms with Crippen molar-refractivity contribution in [2.45, 2.75) is 25.7 Å². The smallest absolute Gasteiger partial charge is 0.327 e. The molecule has 1 rings (SSSR count). The number of primary amides is 1. The summed E-state index contributed by atoms with van der Waals surface area (Å²) in [5.41, 5.74) is 7.02. The average molecular weight is 244 g/mol. The first kappa shape index (κ1) is 13.9. The highest BCUT2D eigenvalue weighted by atomic mass is 16.7. The zero-order valence-corrected chi connectivity index (χ0v) is 9.85. The van der Waals surface area contributed by atoms with Crippen molar-refractivity contribution in [1.82, 2.24) is 10.5 Å². The van der Waals surface area contributed by atoms with Gasteiger partial charge in [0.25, 0.3) is 0 Å². The highest BCUT2D eigenvalue weighted by Gasteiger charge is 2.20. The Hall–Kier alpha value is -1.18. The number of hydrazine groups is 1. The zero-order valence-electron chi connectivity index (χ0n) is 9.85. The normalized spacial score (nSPS) is 17.9. The predicted octanol–water partition coefficient (Wildman–Crippen LogP) is -1.11. The number of hydrogen-bond acceptors (Lipinski definition) is 6. The van der Waals surface area contributed by atoms with Crippen LogP contribution >= 0.6 is 0 Å². The molecule has 7 heteroatoms. The molecule has 1 fully saturated rings. The highest BCUT2D eigenvalue weighted by Crippen LogP contribution is 2.20. The van der Waals surface area contributed by atoms with Crippen LogP contribution < -0.4 is 17.2 Å². The van der Waals surface area contributed by atoms with E-state index in [0.29, 0.717) is 25.3 Å². The molecule has 98 valence electrons. The van der Waals surface area contributed by atoms with Gasteiger partial charge in [-0.2, -0.15) is 0 Å². The number of nitrogens with two attached hydrogens (primary N) is 2. The van der Waals surface area contributed by atoms with Crippen molar-refractivity contribution in [3.63, 3.8) is 0 Å². The van der Waals surface area contributed by atoms with Gasteiger partial charge in [-0.25, -0.2) is 5.84 Å². The second-order valence-corrected chi connectivity index (χ2v) is 4.30. The SMILES string of the molecule is NNOC(=O)CCN1CCC(CC(N)=O)CC1. The van der Waals surface area contributed by atoms with E-state index in [4.69, 9.17) is 11.6 Å². The van der Waals surface area contributed by atoms with E-state index in [1.807, 2.05) is 5.59 Å². The number of nitrogens with zero attached hydrogens (tertiary/aromatic N) is 1. The molecule has 0 spiro atoms. The Balaban J connectivity index is 2.14. The second-order valence-electron chi connectivity index (χ2n) is 4.30. The first-order chi connectivity index (χ1) is 8.11. The molecule has 0 radical (unpaired) electrons. The van der Waals surface area contributed by atoms with E-state index in [1.165, 1.54) is 0 Å². The van der Waals surface area contributed by atoms with Gasteiger partial charge in [0.15, 0.2) is 0 Å². The Labute approximate surface area is 100 Å². The minimum absolute atomic E-state index is 0.235. The van der Waals surface area contributed by atoms with E-state index in [2.05, 4.69) is 9.74 Å². The van der Waals surface area contributed by atoms with Crippen molar-refractivity contribution in [3.8, 4) is 0 Å². The molecule has 0 unspecified atom stereocenters. The largest absolute Gasteiger partial charge is 0.370 e. The molecule has 1 heterocycles. The van der Waals surface area contributed by atoms with Crippen LogP contribution in [0.5, 0.6) is 0 Å². The quantitative estimate of drug-likeness (QED) is 0.403. The summed E-state index contributed by atoms with van der Waals surface area (Å²) in [7, 11) is 0. The van der Waals surface area contributed by atoms with Crippen LogP contribution in [0.15, 0.2) is 0 Å². The summed E-state index contributed by atoms with van der Waals surface area (Å²) in [5, 5.41) is 0. The van der Waals surface area contributed by atoms with Crippen LogP contribution in [0.1, 0.15) is 25.7 Å². The fourth-order valence-electron chi connectivity index (χ4n) is 2.06. The van der Waals surface area contributed by atoms with Crippen LogP contribution in [0, 0.1) is 5.92 Å². The topological polar surface area (TPSA) is 111 Å². The maximum absolute atomic E-state index is 11.0. The molecule has 1 saturated heterocycles. The van der Waals surface area contributed by atoms with Crippen molar-refractivity contribution in [2.24, 2.45) is 17.5 Å². The maximum atomic E-state index is 11.0. The maximum Gasteiger partial charge on any atom is 0.327 e. The monoisotopic (exact) mass is 244 g/mol. The van der Waals surface area contributed by atoms with Gasteiger partial charge in [-0.15, -0.1) is 0 Å². The summed E-state index contributed by atoms with van der Waals surface area (Å²) in [5.74, 6) is 4.64.